The van der Waals surface area contributed by atoms with Crippen molar-refractivity contribution in [3.63, 3.8) is 0 Å². The number of nitriles is 1. The maximum Gasteiger partial charge on any atom is 0.337 e. The van der Waals surface area contributed by atoms with Crippen molar-refractivity contribution in [2.45, 2.75) is 31.6 Å². The maximum atomic E-state index is 14.6. The lowest BCUT2D eigenvalue weighted by atomic mass is 9.81. The molecule has 154 valence electrons. The molecule has 1 aliphatic rings. The van der Waals surface area contributed by atoms with Crippen LogP contribution in [0.1, 0.15) is 46.9 Å². The normalized spacial score (nSPS) is 15.6. The average Bonchev–Trinajstić information content (AvgIpc) is 3.35. The number of nitrogens with zero attached hydrogens (tertiary/aromatic N) is 2. The zero-order chi connectivity index (χ0) is 21.5. The first-order chi connectivity index (χ1) is 14.4. The van der Waals surface area contributed by atoms with Gasteiger partial charge in [0.15, 0.2) is 0 Å². The van der Waals surface area contributed by atoms with Gasteiger partial charge >= 0.3 is 5.97 Å². The van der Waals surface area contributed by atoms with E-state index in [0.717, 1.165) is 12.8 Å². The zero-order valence-electron chi connectivity index (χ0n) is 16.1. The van der Waals surface area contributed by atoms with Gasteiger partial charge in [-0.05, 0) is 55.0 Å². The second-order valence-electron chi connectivity index (χ2n) is 7.65. The van der Waals surface area contributed by atoms with Crippen molar-refractivity contribution in [2.75, 3.05) is 7.11 Å². The summed E-state index contributed by atoms with van der Waals surface area (Å²) >= 11 is 3.10. The Labute approximate surface area is 180 Å². The molecule has 1 fully saturated rings. The third kappa shape index (κ3) is 3.70. The van der Waals surface area contributed by atoms with Crippen LogP contribution in [0.25, 0.3) is 11.0 Å². The van der Waals surface area contributed by atoms with Crippen LogP contribution in [0.15, 0.2) is 34.8 Å². The number of hydrogen-bond donors (Lipinski definition) is 1. The van der Waals surface area contributed by atoms with E-state index in [4.69, 9.17) is 4.74 Å². The number of imidazole rings is 1. The van der Waals surface area contributed by atoms with Crippen LogP contribution in [-0.4, -0.2) is 23.0 Å². The van der Waals surface area contributed by atoms with Crippen molar-refractivity contribution in [2.24, 2.45) is 5.41 Å². The molecule has 30 heavy (non-hydrogen) atoms. The summed E-state index contributed by atoms with van der Waals surface area (Å²) in [6, 6.07) is 9.64. The summed E-state index contributed by atoms with van der Waals surface area (Å²) < 4.78 is 34.2. The summed E-state index contributed by atoms with van der Waals surface area (Å²) in [4.78, 5) is 19.7. The van der Waals surface area contributed by atoms with Crippen LogP contribution >= 0.6 is 15.9 Å². The van der Waals surface area contributed by atoms with Crippen molar-refractivity contribution >= 4 is 32.9 Å². The van der Waals surface area contributed by atoms with E-state index in [2.05, 4.69) is 32.0 Å². The smallest absolute Gasteiger partial charge is 0.337 e. The maximum absolute atomic E-state index is 14.6. The van der Waals surface area contributed by atoms with Gasteiger partial charge in [0.1, 0.15) is 17.5 Å². The van der Waals surface area contributed by atoms with Crippen LogP contribution in [0.5, 0.6) is 0 Å². The summed E-state index contributed by atoms with van der Waals surface area (Å²) in [7, 11) is 1.31. The molecule has 0 amide bonds. The highest BCUT2D eigenvalue weighted by Gasteiger charge is 2.51. The topological polar surface area (TPSA) is 78.8 Å². The second kappa shape index (κ2) is 7.80. The first-order valence-electron chi connectivity index (χ1n) is 9.45. The molecule has 1 atom stereocenters. The fourth-order valence-corrected chi connectivity index (χ4v) is 4.38. The summed E-state index contributed by atoms with van der Waals surface area (Å²) in [6.45, 7) is 0. The van der Waals surface area contributed by atoms with Gasteiger partial charge in [-0.25, -0.2) is 18.6 Å². The van der Waals surface area contributed by atoms with Crippen molar-refractivity contribution in [3.05, 3.63) is 63.4 Å². The van der Waals surface area contributed by atoms with Gasteiger partial charge in [0.05, 0.1) is 29.8 Å². The lowest BCUT2D eigenvalue weighted by Crippen LogP contribution is -2.19. The summed E-state index contributed by atoms with van der Waals surface area (Å²) in [5.74, 6) is -1.54. The van der Waals surface area contributed by atoms with E-state index in [1.54, 1.807) is 18.2 Å². The largest absolute Gasteiger partial charge is 0.465 e. The van der Waals surface area contributed by atoms with E-state index in [0.29, 0.717) is 26.9 Å². The highest BCUT2D eigenvalue weighted by Crippen LogP contribution is 2.59. The van der Waals surface area contributed by atoms with E-state index < -0.39 is 17.6 Å². The number of ether oxygens (including phenoxy) is 1. The highest BCUT2D eigenvalue weighted by atomic mass is 79.9. The number of nitrogens with one attached hydrogen (secondary N) is 1. The quantitative estimate of drug-likeness (QED) is 0.485. The fourth-order valence-electron chi connectivity index (χ4n) is 3.98. The van der Waals surface area contributed by atoms with E-state index in [9.17, 15) is 18.8 Å². The van der Waals surface area contributed by atoms with E-state index in [1.807, 2.05) is 0 Å². The Morgan fingerprint density at radius 2 is 2.03 bits per heavy atom. The molecule has 1 saturated carbocycles. The molecule has 0 bridgehead atoms. The van der Waals surface area contributed by atoms with Crippen molar-refractivity contribution in [3.8, 4) is 6.07 Å². The molecule has 0 aliphatic heterocycles. The van der Waals surface area contributed by atoms with Gasteiger partial charge < -0.3 is 9.72 Å². The van der Waals surface area contributed by atoms with Gasteiger partial charge in [-0.15, -0.1) is 0 Å². The Bertz CT molecular complexity index is 1160. The number of halogens is 3. The lowest BCUT2D eigenvalue weighted by Gasteiger charge is -2.24. The van der Waals surface area contributed by atoms with Crippen molar-refractivity contribution in [1.29, 1.82) is 5.26 Å². The number of hydrogen-bond acceptors (Lipinski definition) is 4. The minimum atomic E-state index is -0.635. The molecule has 1 aromatic heterocycles. The Hall–Kier alpha value is -2.79. The SMILES string of the molecule is COC(=O)c1ccc2nc(C(Cc3c(F)cc(Br)cc3F)C3(CC#N)CC3)[nH]c2c1. The zero-order valence-corrected chi connectivity index (χ0v) is 17.7. The summed E-state index contributed by atoms with van der Waals surface area (Å²) in [5, 5.41) is 9.33. The van der Waals surface area contributed by atoms with Gasteiger partial charge in [-0.1, -0.05) is 15.9 Å². The summed E-state index contributed by atoms with van der Waals surface area (Å²) in [5.41, 5.74) is 1.23. The van der Waals surface area contributed by atoms with Crippen LogP contribution in [0, 0.1) is 28.4 Å². The number of esters is 1. The molecule has 0 spiro atoms. The molecule has 3 aromatic rings. The number of aromatic amines is 1. The van der Waals surface area contributed by atoms with Crippen LogP contribution in [0.2, 0.25) is 0 Å². The minimum Gasteiger partial charge on any atom is -0.465 e. The molecule has 2 aromatic carbocycles. The average molecular weight is 474 g/mol. The lowest BCUT2D eigenvalue weighted by molar-refractivity contribution is 0.0601. The number of rotatable bonds is 6. The molecule has 4 rings (SSSR count). The first-order valence-corrected chi connectivity index (χ1v) is 10.2. The standard InChI is InChI=1S/C22H18BrF2N3O2/c1-30-21(29)12-2-3-18-19(8-12)28-20(27-18)15(22(4-5-22)6-7-26)11-14-16(24)9-13(23)10-17(14)25/h2-3,8-10,15H,4-6,11H2,1H3,(H,27,28). The fraction of sp³-hybridized carbons (Fsp3) is 0.318. The number of benzene rings is 2. The minimum absolute atomic E-state index is 0.0249. The van der Waals surface area contributed by atoms with Gasteiger partial charge in [0.25, 0.3) is 0 Å². The summed E-state index contributed by atoms with van der Waals surface area (Å²) in [6.07, 6.45) is 1.93. The van der Waals surface area contributed by atoms with E-state index >= 15 is 0 Å². The van der Waals surface area contributed by atoms with Crippen LogP contribution < -0.4 is 0 Å². The number of fused-ring (bicyclic) bond motifs is 1. The third-order valence-corrected chi connectivity index (χ3v) is 6.29. The number of methoxy groups -OCH3 is 1. The van der Waals surface area contributed by atoms with Gasteiger partial charge in [-0.3, -0.25) is 0 Å². The Balaban J connectivity index is 1.78. The Morgan fingerprint density at radius 1 is 1.33 bits per heavy atom. The van der Waals surface area contributed by atoms with Gasteiger partial charge in [0.2, 0.25) is 0 Å². The molecular weight excluding hydrogens is 456 g/mol. The van der Waals surface area contributed by atoms with Crippen molar-refractivity contribution in [1.82, 2.24) is 9.97 Å². The van der Waals surface area contributed by atoms with Gasteiger partial charge in [-0.2, -0.15) is 5.26 Å². The van der Waals surface area contributed by atoms with Crippen LogP contribution in [0.4, 0.5) is 8.78 Å². The second-order valence-corrected chi connectivity index (χ2v) is 8.56. The Morgan fingerprint density at radius 3 is 2.63 bits per heavy atom. The molecule has 0 saturated heterocycles. The number of aromatic nitrogens is 2. The number of carbonyl (C=O) groups excluding carboxylic acids is 1. The van der Waals surface area contributed by atoms with E-state index in [-0.39, 0.29) is 29.7 Å². The van der Waals surface area contributed by atoms with E-state index in [1.165, 1.54) is 19.2 Å². The number of carbonyl (C=O) groups is 1. The molecule has 1 aliphatic carbocycles. The molecule has 5 nitrogen and oxygen atoms in total. The number of H-pyrrole nitrogens is 1. The van der Waals surface area contributed by atoms with Crippen LogP contribution in [-0.2, 0) is 11.2 Å². The molecule has 1 heterocycles. The van der Waals surface area contributed by atoms with Gasteiger partial charge in [0, 0.05) is 22.4 Å². The highest BCUT2D eigenvalue weighted by molar-refractivity contribution is 9.10. The molecule has 1 unspecified atom stereocenters. The van der Waals surface area contributed by atoms with Crippen LogP contribution in [0.3, 0.4) is 0 Å². The molecule has 0 radical (unpaired) electrons. The monoisotopic (exact) mass is 473 g/mol. The molecule has 1 N–H and O–H groups in total. The molecule has 8 heteroatoms. The Kier molecular flexibility index (Phi) is 5.33. The predicted octanol–water partition coefficient (Wildman–Crippen LogP) is 5.41. The first kappa shape index (κ1) is 20.5. The van der Waals surface area contributed by atoms with Crippen molar-refractivity contribution < 1.29 is 18.3 Å². The molecular formula is C22H18BrF2N3O2. The predicted molar refractivity (Wildman–Crippen MR) is 110 cm³/mol. The third-order valence-electron chi connectivity index (χ3n) is 5.83.